The highest BCUT2D eigenvalue weighted by Gasteiger charge is 2.20. The van der Waals surface area contributed by atoms with Crippen LogP contribution in [0.15, 0.2) is 42.6 Å². The summed E-state index contributed by atoms with van der Waals surface area (Å²) >= 11 is 0. The number of nitrogens with zero attached hydrogens (tertiary/aromatic N) is 2. The lowest BCUT2D eigenvalue weighted by Gasteiger charge is -2.12. The van der Waals surface area contributed by atoms with Gasteiger partial charge >= 0.3 is 0 Å². The largest absolute Gasteiger partial charge is 0.321 e. The van der Waals surface area contributed by atoms with E-state index in [0.29, 0.717) is 0 Å². The topological polar surface area (TPSA) is 46.9 Å². The van der Waals surface area contributed by atoms with Crippen LogP contribution in [0.2, 0.25) is 0 Å². The van der Waals surface area contributed by atoms with Gasteiger partial charge in [-0.25, -0.2) is 17.6 Å². The minimum absolute atomic E-state index is 0.0237. The second kappa shape index (κ2) is 6.99. The zero-order chi connectivity index (χ0) is 18.8. The Morgan fingerprint density at radius 1 is 1.08 bits per heavy atom. The third-order valence-electron chi connectivity index (χ3n) is 3.78. The fraction of sp³-hybridized carbons (Fsp3) is 0.111. The zero-order valence-electron chi connectivity index (χ0n) is 13.6. The summed E-state index contributed by atoms with van der Waals surface area (Å²) in [6.45, 7) is -0.928. The molecule has 0 saturated carbocycles. The highest BCUT2D eigenvalue weighted by Crippen LogP contribution is 2.32. The van der Waals surface area contributed by atoms with Crippen molar-refractivity contribution in [3.63, 3.8) is 0 Å². The molecule has 0 unspecified atom stereocenters. The maximum atomic E-state index is 14.1. The fourth-order valence-electron chi connectivity index (χ4n) is 2.57. The molecule has 3 rings (SSSR count). The Morgan fingerprint density at radius 3 is 2.54 bits per heavy atom. The van der Waals surface area contributed by atoms with E-state index in [-0.39, 0.29) is 28.1 Å². The van der Waals surface area contributed by atoms with E-state index in [1.165, 1.54) is 23.0 Å². The predicted octanol–water partition coefficient (Wildman–Crippen LogP) is 4.23. The molecular formula is C18H13F4N3O. The first kappa shape index (κ1) is 17.7. The number of carbonyl (C=O) groups excluding carboxylic acids is 1. The minimum atomic E-state index is -1.60. The van der Waals surface area contributed by atoms with Gasteiger partial charge in [-0.1, -0.05) is 18.2 Å². The molecule has 26 heavy (non-hydrogen) atoms. The molecule has 0 saturated heterocycles. The van der Waals surface area contributed by atoms with Crippen molar-refractivity contribution in [3.8, 4) is 11.1 Å². The van der Waals surface area contributed by atoms with Gasteiger partial charge in [0, 0.05) is 30.1 Å². The lowest BCUT2D eigenvalue weighted by atomic mass is 10.0. The van der Waals surface area contributed by atoms with Gasteiger partial charge < -0.3 is 5.32 Å². The average molecular weight is 363 g/mol. The molecule has 2 aromatic carbocycles. The number of amides is 1. The fourth-order valence-corrected chi connectivity index (χ4v) is 2.57. The Bertz CT molecular complexity index is 985. The molecule has 4 nitrogen and oxygen atoms in total. The molecule has 0 atom stereocenters. The third kappa shape index (κ3) is 3.17. The van der Waals surface area contributed by atoms with Gasteiger partial charge in [-0.15, -0.1) is 0 Å². The number of nitrogens with one attached hydrogen (secondary N) is 1. The molecule has 3 aromatic rings. The summed E-state index contributed by atoms with van der Waals surface area (Å²) in [7, 11) is 1.54. The number of rotatable bonds is 4. The molecule has 0 aliphatic rings. The first-order valence-corrected chi connectivity index (χ1v) is 7.55. The Morgan fingerprint density at radius 2 is 1.81 bits per heavy atom. The van der Waals surface area contributed by atoms with Gasteiger partial charge in [-0.3, -0.25) is 9.48 Å². The van der Waals surface area contributed by atoms with Gasteiger partial charge in [0.1, 0.15) is 12.4 Å². The summed E-state index contributed by atoms with van der Waals surface area (Å²) in [4.78, 5) is 12.4. The molecular weight excluding hydrogens is 350 g/mol. The molecule has 0 fully saturated rings. The standard InChI is InChI=1S/C18H13F4N3O/c1-25-9-12(15(8-19)24-25)18(26)23-14-5-3-2-4-10(14)11-6-7-13(20)17(22)16(11)21/h2-7,9H,8H2,1H3,(H,23,26). The van der Waals surface area contributed by atoms with E-state index < -0.39 is 30.0 Å². The molecule has 8 heteroatoms. The van der Waals surface area contributed by atoms with E-state index in [4.69, 9.17) is 0 Å². The summed E-state index contributed by atoms with van der Waals surface area (Å²) in [5.74, 6) is -4.93. The van der Waals surface area contributed by atoms with E-state index >= 15 is 0 Å². The number of carbonyl (C=O) groups is 1. The van der Waals surface area contributed by atoms with Crippen LogP contribution in [0.5, 0.6) is 0 Å². The zero-order valence-corrected chi connectivity index (χ0v) is 13.6. The van der Waals surface area contributed by atoms with Crippen molar-refractivity contribution in [1.29, 1.82) is 0 Å². The summed E-state index contributed by atoms with van der Waals surface area (Å²) in [6.07, 6.45) is 1.35. The highest BCUT2D eigenvalue weighted by atomic mass is 19.2. The quantitative estimate of drug-likeness (QED) is 0.557. The summed E-state index contributed by atoms with van der Waals surface area (Å²) in [5, 5.41) is 6.37. The van der Waals surface area contributed by atoms with Crippen molar-refractivity contribution < 1.29 is 22.4 Å². The van der Waals surface area contributed by atoms with E-state index in [2.05, 4.69) is 10.4 Å². The minimum Gasteiger partial charge on any atom is -0.321 e. The van der Waals surface area contributed by atoms with Crippen LogP contribution in [0.4, 0.5) is 23.2 Å². The maximum absolute atomic E-state index is 14.1. The molecule has 1 amide bonds. The van der Waals surface area contributed by atoms with Crippen molar-refractivity contribution in [2.75, 3.05) is 5.32 Å². The molecule has 0 spiro atoms. The number of hydrogen-bond donors (Lipinski definition) is 1. The molecule has 0 aliphatic heterocycles. The molecule has 134 valence electrons. The van der Waals surface area contributed by atoms with Crippen LogP contribution < -0.4 is 5.32 Å². The third-order valence-corrected chi connectivity index (χ3v) is 3.78. The lowest BCUT2D eigenvalue weighted by molar-refractivity contribution is 0.102. The second-order valence-electron chi connectivity index (χ2n) is 5.52. The van der Waals surface area contributed by atoms with Gasteiger partial charge in [-0.2, -0.15) is 5.10 Å². The molecule has 0 aliphatic carbocycles. The normalized spacial score (nSPS) is 10.8. The van der Waals surface area contributed by atoms with Crippen molar-refractivity contribution in [3.05, 3.63) is 71.3 Å². The van der Waals surface area contributed by atoms with E-state index in [1.807, 2.05) is 0 Å². The molecule has 0 bridgehead atoms. The van der Waals surface area contributed by atoms with Gasteiger partial charge in [0.2, 0.25) is 0 Å². The number of aryl methyl sites for hydroxylation is 1. The van der Waals surface area contributed by atoms with Crippen LogP contribution in [-0.4, -0.2) is 15.7 Å². The highest BCUT2D eigenvalue weighted by molar-refractivity contribution is 6.06. The van der Waals surface area contributed by atoms with Crippen molar-refractivity contribution in [1.82, 2.24) is 9.78 Å². The van der Waals surface area contributed by atoms with Crippen LogP contribution in [0, 0.1) is 17.5 Å². The smallest absolute Gasteiger partial charge is 0.259 e. The summed E-state index contributed by atoms with van der Waals surface area (Å²) < 4.78 is 55.1. The maximum Gasteiger partial charge on any atom is 0.259 e. The van der Waals surface area contributed by atoms with Crippen molar-refractivity contribution in [2.45, 2.75) is 6.67 Å². The van der Waals surface area contributed by atoms with Crippen molar-refractivity contribution >= 4 is 11.6 Å². The number of anilines is 1. The van der Waals surface area contributed by atoms with Gasteiger partial charge in [0.25, 0.3) is 5.91 Å². The van der Waals surface area contributed by atoms with E-state index in [1.54, 1.807) is 19.2 Å². The number of benzene rings is 2. The second-order valence-corrected chi connectivity index (χ2v) is 5.52. The Hall–Kier alpha value is -3.16. The van der Waals surface area contributed by atoms with Crippen LogP contribution in [0.1, 0.15) is 16.1 Å². The molecule has 1 heterocycles. The predicted molar refractivity (Wildman–Crippen MR) is 87.7 cm³/mol. The SMILES string of the molecule is Cn1cc(C(=O)Nc2ccccc2-c2ccc(F)c(F)c2F)c(CF)n1. The van der Waals surface area contributed by atoms with E-state index in [9.17, 15) is 22.4 Å². The van der Waals surface area contributed by atoms with Crippen molar-refractivity contribution in [2.24, 2.45) is 7.05 Å². The first-order valence-electron chi connectivity index (χ1n) is 7.55. The molecule has 0 radical (unpaired) electrons. The number of halogens is 4. The number of aromatic nitrogens is 2. The molecule has 1 aromatic heterocycles. The van der Waals surface area contributed by atoms with Crippen LogP contribution in [0.3, 0.4) is 0 Å². The van der Waals surface area contributed by atoms with Gasteiger partial charge in [0.05, 0.1) is 5.56 Å². The van der Waals surface area contributed by atoms with Crippen LogP contribution >= 0.6 is 0 Å². The molecule has 1 N–H and O–H groups in total. The monoisotopic (exact) mass is 363 g/mol. The van der Waals surface area contributed by atoms with E-state index in [0.717, 1.165) is 12.1 Å². The number of alkyl halides is 1. The average Bonchev–Trinajstić information content (AvgIpc) is 3.02. The summed E-state index contributed by atoms with van der Waals surface area (Å²) in [6, 6.07) is 7.94. The Kier molecular flexibility index (Phi) is 4.75. The van der Waals surface area contributed by atoms with Gasteiger partial charge in [0.15, 0.2) is 17.5 Å². The number of para-hydroxylation sites is 1. The van der Waals surface area contributed by atoms with Crippen LogP contribution in [0.25, 0.3) is 11.1 Å². The van der Waals surface area contributed by atoms with Crippen LogP contribution in [-0.2, 0) is 13.7 Å². The summed E-state index contributed by atoms with van der Waals surface area (Å²) in [5.41, 5.74) is 0.0905. The lowest BCUT2D eigenvalue weighted by Crippen LogP contribution is -2.14. The Balaban J connectivity index is 2.01. The van der Waals surface area contributed by atoms with Gasteiger partial charge in [-0.05, 0) is 18.2 Å². The number of hydrogen-bond acceptors (Lipinski definition) is 2. The Labute approximate surface area is 146 Å². The first-order chi connectivity index (χ1) is 12.4.